The minimum absolute atomic E-state index is 0.188. The Morgan fingerprint density at radius 3 is 2.63 bits per heavy atom. The molecule has 0 spiro atoms. The number of hydrogen-bond donors (Lipinski definition) is 1. The lowest BCUT2D eigenvalue weighted by molar-refractivity contribution is 0.414. The van der Waals surface area contributed by atoms with Crippen molar-refractivity contribution in [2.45, 2.75) is 19.9 Å². The van der Waals surface area contributed by atoms with Gasteiger partial charge in [0.1, 0.15) is 5.75 Å². The molecule has 2 aromatic rings. The van der Waals surface area contributed by atoms with Crippen LogP contribution in [0.15, 0.2) is 30.3 Å². The van der Waals surface area contributed by atoms with Crippen molar-refractivity contribution >= 4 is 22.9 Å². The van der Waals surface area contributed by atoms with Crippen molar-refractivity contribution in [3.05, 3.63) is 50.7 Å². The number of ether oxygens (including phenoxy) is 1. The highest BCUT2D eigenvalue weighted by Gasteiger charge is 2.17. The fourth-order valence-electron chi connectivity index (χ4n) is 2.15. The van der Waals surface area contributed by atoms with E-state index in [0.29, 0.717) is 0 Å². The molecule has 1 aromatic carbocycles. The van der Waals surface area contributed by atoms with E-state index in [1.807, 2.05) is 12.1 Å². The molecule has 1 heterocycles. The van der Waals surface area contributed by atoms with Gasteiger partial charge < -0.3 is 10.1 Å². The monoisotopic (exact) mass is 295 g/mol. The van der Waals surface area contributed by atoms with Crippen LogP contribution in [-0.2, 0) is 0 Å². The summed E-state index contributed by atoms with van der Waals surface area (Å²) in [6, 6.07) is 10.4. The minimum Gasteiger partial charge on any atom is -0.497 e. The molecule has 19 heavy (non-hydrogen) atoms. The Morgan fingerprint density at radius 1 is 1.32 bits per heavy atom. The second-order valence-corrected chi connectivity index (χ2v) is 6.10. The lowest BCUT2D eigenvalue weighted by Crippen LogP contribution is -2.21. The van der Waals surface area contributed by atoms with Gasteiger partial charge in [-0.1, -0.05) is 24.6 Å². The van der Waals surface area contributed by atoms with Gasteiger partial charge in [-0.25, -0.2) is 0 Å². The lowest BCUT2D eigenvalue weighted by atomic mass is 9.99. The Balaban J connectivity index is 2.39. The summed E-state index contributed by atoms with van der Waals surface area (Å²) in [5.74, 6) is 0.890. The number of rotatable bonds is 5. The van der Waals surface area contributed by atoms with Crippen molar-refractivity contribution in [3.8, 4) is 5.75 Å². The van der Waals surface area contributed by atoms with Gasteiger partial charge in [0.25, 0.3) is 0 Å². The van der Waals surface area contributed by atoms with Gasteiger partial charge in [-0.3, -0.25) is 0 Å². The molecule has 4 heteroatoms. The molecule has 2 rings (SSSR count). The SMILES string of the molecule is CCNC(c1ccc(Cl)s1)c1ccc(OC)cc1C. The molecule has 0 saturated carbocycles. The predicted molar refractivity (Wildman–Crippen MR) is 82.6 cm³/mol. The maximum absolute atomic E-state index is 6.05. The molecule has 0 amide bonds. The summed E-state index contributed by atoms with van der Waals surface area (Å²) in [5, 5.41) is 3.52. The molecule has 1 aromatic heterocycles. The third-order valence-electron chi connectivity index (χ3n) is 3.07. The molecule has 0 saturated heterocycles. The Hall–Kier alpha value is -1.03. The van der Waals surface area contributed by atoms with Crippen molar-refractivity contribution in [2.75, 3.05) is 13.7 Å². The molecule has 0 bridgehead atoms. The molecule has 1 unspecified atom stereocenters. The van der Waals surface area contributed by atoms with Crippen molar-refractivity contribution in [1.82, 2.24) is 5.32 Å². The Bertz CT molecular complexity index is 553. The normalized spacial score (nSPS) is 12.4. The first-order valence-electron chi connectivity index (χ1n) is 6.29. The number of methoxy groups -OCH3 is 1. The Morgan fingerprint density at radius 2 is 2.11 bits per heavy atom. The molecule has 1 N–H and O–H groups in total. The molecule has 0 aliphatic heterocycles. The first-order chi connectivity index (χ1) is 9.15. The number of benzene rings is 1. The fraction of sp³-hybridized carbons (Fsp3) is 0.333. The second-order valence-electron chi connectivity index (χ2n) is 4.36. The van der Waals surface area contributed by atoms with E-state index < -0.39 is 0 Å². The maximum atomic E-state index is 6.05. The summed E-state index contributed by atoms with van der Waals surface area (Å²) < 4.78 is 6.08. The molecule has 1 atom stereocenters. The average Bonchev–Trinajstić information content (AvgIpc) is 2.83. The maximum Gasteiger partial charge on any atom is 0.119 e. The summed E-state index contributed by atoms with van der Waals surface area (Å²) in [4.78, 5) is 1.24. The van der Waals surface area contributed by atoms with E-state index in [-0.39, 0.29) is 6.04 Å². The smallest absolute Gasteiger partial charge is 0.119 e. The third kappa shape index (κ3) is 3.30. The van der Waals surface area contributed by atoms with Gasteiger partial charge >= 0.3 is 0 Å². The summed E-state index contributed by atoms with van der Waals surface area (Å²) in [5.41, 5.74) is 2.48. The number of halogens is 1. The van der Waals surface area contributed by atoms with E-state index in [0.717, 1.165) is 16.6 Å². The van der Waals surface area contributed by atoms with Gasteiger partial charge in [0, 0.05) is 4.88 Å². The fourth-order valence-corrected chi connectivity index (χ4v) is 3.31. The number of hydrogen-bond acceptors (Lipinski definition) is 3. The summed E-state index contributed by atoms with van der Waals surface area (Å²) in [7, 11) is 1.69. The standard InChI is InChI=1S/C15H18ClNOS/c1-4-17-15(13-7-8-14(16)19-13)12-6-5-11(18-3)9-10(12)2/h5-9,15,17H,4H2,1-3H3. The molecule has 0 aliphatic rings. The highest BCUT2D eigenvalue weighted by Crippen LogP contribution is 2.33. The Labute approximate surface area is 123 Å². The summed E-state index contributed by atoms with van der Waals surface area (Å²) in [6.45, 7) is 5.13. The summed E-state index contributed by atoms with van der Waals surface area (Å²) >= 11 is 7.67. The van der Waals surface area contributed by atoms with Crippen LogP contribution in [0.5, 0.6) is 5.75 Å². The number of thiophene rings is 1. The molecule has 102 valence electrons. The quantitative estimate of drug-likeness (QED) is 0.882. The molecule has 0 aliphatic carbocycles. The van der Waals surface area contributed by atoms with Crippen LogP contribution in [-0.4, -0.2) is 13.7 Å². The van der Waals surface area contributed by atoms with E-state index >= 15 is 0 Å². The minimum atomic E-state index is 0.188. The highest BCUT2D eigenvalue weighted by atomic mass is 35.5. The van der Waals surface area contributed by atoms with Crippen LogP contribution in [0.3, 0.4) is 0 Å². The van der Waals surface area contributed by atoms with E-state index in [4.69, 9.17) is 16.3 Å². The second kappa shape index (κ2) is 6.42. The first-order valence-corrected chi connectivity index (χ1v) is 7.48. The largest absolute Gasteiger partial charge is 0.497 e. The third-order valence-corrected chi connectivity index (χ3v) is 4.37. The molecular weight excluding hydrogens is 278 g/mol. The van der Waals surface area contributed by atoms with Gasteiger partial charge in [-0.15, -0.1) is 11.3 Å². The van der Waals surface area contributed by atoms with Crippen molar-refractivity contribution in [1.29, 1.82) is 0 Å². The van der Waals surface area contributed by atoms with Crippen LogP contribution < -0.4 is 10.1 Å². The van der Waals surface area contributed by atoms with Gasteiger partial charge in [-0.2, -0.15) is 0 Å². The molecule has 0 fully saturated rings. The molecular formula is C15H18ClNOS. The van der Waals surface area contributed by atoms with Gasteiger partial charge in [0.15, 0.2) is 0 Å². The number of aryl methyl sites for hydroxylation is 1. The first kappa shape index (κ1) is 14.4. The van der Waals surface area contributed by atoms with Crippen LogP contribution >= 0.6 is 22.9 Å². The van der Waals surface area contributed by atoms with Crippen LogP contribution in [0.1, 0.15) is 29.0 Å². The van der Waals surface area contributed by atoms with Crippen molar-refractivity contribution in [3.63, 3.8) is 0 Å². The lowest BCUT2D eigenvalue weighted by Gasteiger charge is -2.19. The van der Waals surface area contributed by atoms with E-state index in [1.54, 1.807) is 18.4 Å². The van der Waals surface area contributed by atoms with Crippen LogP contribution in [0, 0.1) is 6.92 Å². The van der Waals surface area contributed by atoms with Gasteiger partial charge in [0.2, 0.25) is 0 Å². The zero-order valence-corrected chi connectivity index (χ0v) is 12.9. The zero-order chi connectivity index (χ0) is 13.8. The predicted octanol–water partition coefficient (Wildman–Crippen LogP) is 4.42. The van der Waals surface area contributed by atoms with Gasteiger partial charge in [-0.05, 0) is 48.9 Å². The van der Waals surface area contributed by atoms with Crippen LogP contribution in [0.25, 0.3) is 0 Å². The Kier molecular flexibility index (Phi) is 4.86. The molecule has 2 nitrogen and oxygen atoms in total. The molecule has 0 radical (unpaired) electrons. The van der Waals surface area contributed by atoms with Crippen LogP contribution in [0.2, 0.25) is 4.34 Å². The van der Waals surface area contributed by atoms with Crippen molar-refractivity contribution < 1.29 is 4.74 Å². The number of nitrogens with one attached hydrogen (secondary N) is 1. The zero-order valence-electron chi connectivity index (χ0n) is 11.4. The van der Waals surface area contributed by atoms with Crippen LogP contribution in [0.4, 0.5) is 0 Å². The van der Waals surface area contributed by atoms with Gasteiger partial charge in [0.05, 0.1) is 17.5 Å². The van der Waals surface area contributed by atoms with E-state index in [2.05, 4.69) is 37.4 Å². The average molecular weight is 296 g/mol. The van der Waals surface area contributed by atoms with Crippen molar-refractivity contribution in [2.24, 2.45) is 0 Å². The highest BCUT2D eigenvalue weighted by molar-refractivity contribution is 7.16. The topological polar surface area (TPSA) is 21.3 Å². The van der Waals surface area contributed by atoms with E-state index in [1.165, 1.54) is 16.0 Å². The van der Waals surface area contributed by atoms with E-state index in [9.17, 15) is 0 Å². The summed E-state index contributed by atoms with van der Waals surface area (Å²) in [6.07, 6.45) is 0.